The molecule has 5 unspecified atom stereocenters. The highest BCUT2D eigenvalue weighted by molar-refractivity contribution is 5.80. The fourth-order valence-electron chi connectivity index (χ4n) is 3.14. The largest absolute Gasteiger partial charge is 0.632 e. The molecule has 0 spiro atoms. The van der Waals surface area contributed by atoms with E-state index in [-0.39, 0.29) is 19.6 Å². The summed E-state index contributed by atoms with van der Waals surface area (Å²) in [6, 6.07) is -0.584. The lowest BCUT2D eigenvalue weighted by atomic mass is 9.95. The molecule has 7 nitrogen and oxygen atoms in total. The summed E-state index contributed by atoms with van der Waals surface area (Å²) >= 11 is 0. The fraction of sp³-hybridized carbons (Fsp3) is 0.786. The molecular weight excluding hydrogens is 278 g/mol. The van der Waals surface area contributed by atoms with E-state index in [9.17, 15) is 25.3 Å². The maximum Gasteiger partial charge on any atom is 0.341 e. The molecule has 0 radical (unpaired) electrons. The zero-order chi connectivity index (χ0) is 15.8. The molecule has 7 heteroatoms. The van der Waals surface area contributed by atoms with Gasteiger partial charge in [-0.3, -0.25) is 0 Å². The Hall–Kier alpha value is -0.990. The quantitative estimate of drug-likeness (QED) is 0.272. The summed E-state index contributed by atoms with van der Waals surface area (Å²) in [5.41, 5.74) is -1.36. The lowest BCUT2D eigenvalue weighted by Gasteiger charge is -2.40. The standard InChI is InChI=1S/C14H23NO6/c1-3-14(19,9(2)16)13(18)21-8-10-4-6-15(20)7-5-11(17)12(10)15/h4,9,11-12,16-17,19H,3,5-8H2,1-2H3. The van der Waals surface area contributed by atoms with Gasteiger partial charge in [0, 0.05) is 12.0 Å². The van der Waals surface area contributed by atoms with Crippen molar-refractivity contribution in [1.82, 2.24) is 0 Å². The van der Waals surface area contributed by atoms with Crippen LogP contribution in [-0.4, -0.2) is 69.5 Å². The fourth-order valence-corrected chi connectivity index (χ4v) is 3.14. The number of hydrogen-bond donors (Lipinski definition) is 3. The number of quaternary nitrogens is 1. The molecule has 0 aliphatic carbocycles. The third-order valence-corrected chi connectivity index (χ3v) is 4.67. The van der Waals surface area contributed by atoms with Gasteiger partial charge in [0.15, 0.2) is 5.60 Å². The Morgan fingerprint density at radius 3 is 2.90 bits per heavy atom. The van der Waals surface area contributed by atoms with E-state index in [1.165, 1.54) is 6.92 Å². The minimum atomic E-state index is -1.95. The molecule has 2 aliphatic heterocycles. The number of rotatable bonds is 5. The first-order valence-electron chi connectivity index (χ1n) is 7.27. The Morgan fingerprint density at radius 2 is 2.33 bits per heavy atom. The van der Waals surface area contributed by atoms with Crippen LogP contribution in [0.1, 0.15) is 26.7 Å². The van der Waals surface area contributed by atoms with Gasteiger partial charge in [-0.1, -0.05) is 6.92 Å². The second-order valence-electron chi connectivity index (χ2n) is 5.97. The van der Waals surface area contributed by atoms with Crippen LogP contribution in [0.5, 0.6) is 0 Å². The summed E-state index contributed by atoms with van der Waals surface area (Å²) in [4.78, 5) is 11.9. The number of hydrogen-bond acceptors (Lipinski definition) is 6. The van der Waals surface area contributed by atoms with Gasteiger partial charge < -0.3 is 29.9 Å². The van der Waals surface area contributed by atoms with E-state index in [2.05, 4.69) is 0 Å². The Kier molecular flexibility index (Phi) is 4.41. The van der Waals surface area contributed by atoms with Gasteiger partial charge in [0.05, 0.1) is 19.2 Å². The van der Waals surface area contributed by atoms with Crippen LogP contribution in [-0.2, 0) is 9.53 Å². The summed E-state index contributed by atoms with van der Waals surface area (Å²) in [7, 11) is 0. The summed E-state index contributed by atoms with van der Waals surface area (Å²) in [6.45, 7) is 3.37. The number of fused-ring (bicyclic) bond motifs is 1. The van der Waals surface area contributed by atoms with Crippen molar-refractivity contribution in [1.29, 1.82) is 0 Å². The highest BCUT2D eigenvalue weighted by atomic mass is 16.6. The van der Waals surface area contributed by atoms with E-state index >= 15 is 0 Å². The van der Waals surface area contributed by atoms with E-state index in [0.717, 1.165) is 0 Å². The molecule has 0 amide bonds. The normalized spacial score (nSPS) is 35.8. The number of ether oxygens (including phenoxy) is 1. The van der Waals surface area contributed by atoms with Crippen molar-refractivity contribution in [2.75, 3.05) is 19.7 Å². The monoisotopic (exact) mass is 301 g/mol. The first-order valence-corrected chi connectivity index (χ1v) is 7.27. The van der Waals surface area contributed by atoms with Gasteiger partial charge in [-0.15, -0.1) is 0 Å². The van der Waals surface area contributed by atoms with Gasteiger partial charge in [0.25, 0.3) is 0 Å². The number of esters is 1. The van der Waals surface area contributed by atoms with E-state index < -0.39 is 34.5 Å². The Balaban J connectivity index is 1.99. The molecule has 2 heterocycles. The molecule has 2 rings (SSSR count). The zero-order valence-corrected chi connectivity index (χ0v) is 12.4. The van der Waals surface area contributed by atoms with Crippen LogP contribution < -0.4 is 0 Å². The maximum atomic E-state index is 12.4. The third kappa shape index (κ3) is 2.72. The topological polar surface area (TPSA) is 110 Å². The summed E-state index contributed by atoms with van der Waals surface area (Å²) in [5.74, 6) is -0.913. The lowest BCUT2D eigenvalue weighted by molar-refractivity contribution is -0.877. The highest BCUT2D eigenvalue weighted by Gasteiger charge is 2.48. The van der Waals surface area contributed by atoms with Gasteiger partial charge in [0.1, 0.15) is 18.8 Å². The third-order valence-electron chi connectivity index (χ3n) is 4.67. The predicted molar refractivity (Wildman–Crippen MR) is 73.7 cm³/mol. The molecule has 0 saturated carbocycles. The highest BCUT2D eigenvalue weighted by Crippen LogP contribution is 2.36. The first kappa shape index (κ1) is 16.4. The Labute approximate surface area is 123 Å². The number of aliphatic hydroxyl groups excluding tert-OH is 2. The van der Waals surface area contributed by atoms with Crippen LogP contribution in [0.4, 0.5) is 0 Å². The van der Waals surface area contributed by atoms with Crippen molar-refractivity contribution < 1.29 is 29.5 Å². The van der Waals surface area contributed by atoms with E-state index in [1.54, 1.807) is 13.0 Å². The van der Waals surface area contributed by atoms with Gasteiger partial charge >= 0.3 is 5.97 Å². The number of carbonyl (C=O) groups is 1. The van der Waals surface area contributed by atoms with Crippen molar-refractivity contribution in [3.63, 3.8) is 0 Å². The van der Waals surface area contributed by atoms with Crippen LogP contribution in [0.25, 0.3) is 0 Å². The molecule has 0 aromatic heterocycles. The van der Waals surface area contributed by atoms with E-state index in [0.29, 0.717) is 18.5 Å². The smallest absolute Gasteiger partial charge is 0.341 e. The van der Waals surface area contributed by atoms with Gasteiger partial charge in [-0.2, -0.15) is 0 Å². The van der Waals surface area contributed by atoms with E-state index in [1.807, 2.05) is 0 Å². The van der Waals surface area contributed by atoms with Gasteiger partial charge in [-0.05, 0) is 19.4 Å². The van der Waals surface area contributed by atoms with Crippen molar-refractivity contribution in [2.24, 2.45) is 0 Å². The number of hydroxylamine groups is 3. The predicted octanol–water partition coefficient (Wildman–Crippen LogP) is -0.561. The molecule has 0 aromatic rings. The molecule has 3 N–H and O–H groups in total. The summed E-state index contributed by atoms with van der Waals surface area (Å²) in [5, 5.41) is 41.9. The minimum absolute atomic E-state index is 0.0240. The SMILES string of the molecule is CCC(O)(C(=O)OCC1=CC[N+]2([O-])CCC(O)C12)C(C)O. The molecule has 1 saturated heterocycles. The van der Waals surface area contributed by atoms with Crippen molar-refractivity contribution in [3.8, 4) is 0 Å². The first-order chi connectivity index (χ1) is 9.74. The molecule has 21 heavy (non-hydrogen) atoms. The second kappa shape index (κ2) is 5.66. The molecule has 0 aromatic carbocycles. The van der Waals surface area contributed by atoms with Crippen LogP contribution in [0, 0.1) is 5.21 Å². The number of aliphatic hydroxyl groups is 3. The molecular formula is C14H23NO6. The van der Waals surface area contributed by atoms with Crippen LogP contribution >= 0.6 is 0 Å². The van der Waals surface area contributed by atoms with Gasteiger partial charge in [-0.25, -0.2) is 4.79 Å². The zero-order valence-electron chi connectivity index (χ0n) is 12.4. The average Bonchev–Trinajstić information content (AvgIpc) is 2.92. The van der Waals surface area contributed by atoms with Gasteiger partial charge in [0.2, 0.25) is 0 Å². The molecule has 5 atom stereocenters. The second-order valence-corrected chi connectivity index (χ2v) is 5.97. The average molecular weight is 301 g/mol. The van der Waals surface area contributed by atoms with E-state index in [4.69, 9.17) is 4.74 Å². The molecule has 2 aliphatic rings. The summed E-state index contributed by atoms with van der Waals surface area (Å²) in [6.07, 6.45) is 0.180. The van der Waals surface area contributed by atoms with Crippen LogP contribution in [0.15, 0.2) is 11.6 Å². The maximum absolute atomic E-state index is 12.4. The van der Waals surface area contributed by atoms with Crippen molar-refractivity contribution in [3.05, 3.63) is 16.9 Å². The molecule has 120 valence electrons. The van der Waals surface area contributed by atoms with Crippen molar-refractivity contribution >= 4 is 5.97 Å². The Bertz CT molecular complexity index is 451. The van der Waals surface area contributed by atoms with Crippen LogP contribution in [0.3, 0.4) is 0 Å². The number of nitrogens with zero attached hydrogens (tertiary/aromatic N) is 1. The number of carbonyl (C=O) groups excluding carboxylic acids is 1. The minimum Gasteiger partial charge on any atom is -0.632 e. The van der Waals surface area contributed by atoms with Crippen molar-refractivity contribution in [2.45, 2.75) is 50.5 Å². The Morgan fingerprint density at radius 1 is 1.67 bits per heavy atom. The van der Waals surface area contributed by atoms with Crippen LogP contribution in [0.2, 0.25) is 0 Å². The molecule has 0 bridgehead atoms. The molecule has 1 fully saturated rings. The summed E-state index contributed by atoms with van der Waals surface area (Å²) < 4.78 is 4.57. The lowest BCUT2D eigenvalue weighted by Crippen LogP contribution is -2.49.